The van der Waals surface area contributed by atoms with E-state index in [4.69, 9.17) is 9.47 Å². The van der Waals surface area contributed by atoms with Crippen LogP contribution in [-0.2, 0) is 15.7 Å². The van der Waals surface area contributed by atoms with Crippen LogP contribution in [0, 0.1) is 0 Å². The van der Waals surface area contributed by atoms with E-state index in [2.05, 4.69) is 20.4 Å². The molecule has 1 saturated carbocycles. The van der Waals surface area contributed by atoms with Crippen LogP contribution >= 0.6 is 11.3 Å². The van der Waals surface area contributed by atoms with Gasteiger partial charge in [-0.15, -0.1) is 24.5 Å². The molecule has 2 heterocycles. The smallest absolute Gasteiger partial charge is 0.474 e. The molecule has 0 aromatic carbocycles. The third kappa shape index (κ3) is 6.37. The highest BCUT2D eigenvalue weighted by molar-refractivity contribution is 7.17. The van der Waals surface area contributed by atoms with E-state index in [1.807, 2.05) is 0 Å². The first-order chi connectivity index (χ1) is 15.4. The van der Waals surface area contributed by atoms with E-state index < -0.39 is 55.5 Å². The van der Waals surface area contributed by atoms with Gasteiger partial charge in [-0.05, 0) is 0 Å². The number of rotatable bonds is 7. The Bertz CT molecular complexity index is 1020. The molecule has 1 aliphatic rings. The summed E-state index contributed by atoms with van der Waals surface area (Å²) in [5, 5.41) is 5.70. The number of alkyl carbamates (subject to hydrolysis) is 1. The zero-order valence-corrected chi connectivity index (χ0v) is 17.6. The van der Waals surface area contributed by atoms with Gasteiger partial charge in [-0.25, -0.2) is 9.78 Å². The molecule has 2 aromatic rings. The van der Waals surface area contributed by atoms with Crippen LogP contribution < -0.4 is 15.4 Å². The minimum absolute atomic E-state index is 0.0190. The van der Waals surface area contributed by atoms with Crippen LogP contribution in [0.5, 0.6) is 5.88 Å². The number of alkyl halides is 6. The fourth-order valence-electron chi connectivity index (χ4n) is 2.95. The first-order valence-electron chi connectivity index (χ1n) is 9.40. The number of nitrogens with zero attached hydrogens (tertiary/aromatic N) is 1. The molecular formula is C18H17F6N3O5S. The molecule has 1 aliphatic carbocycles. The summed E-state index contributed by atoms with van der Waals surface area (Å²) in [6.45, 7) is -1.21. The summed E-state index contributed by atoms with van der Waals surface area (Å²) in [7, 11) is 1.34. The normalized spacial score (nSPS) is 18.5. The van der Waals surface area contributed by atoms with Crippen molar-refractivity contribution in [3.05, 3.63) is 22.6 Å². The summed E-state index contributed by atoms with van der Waals surface area (Å²) in [5.74, 6) is -0.932. The fraction of sp³-hybridized carbons (Fsp3) is 0.500. The van der Waals surface area contributed by atoms with Gasteiger partial charge in [0.2, 0.25) is 5.88 Å². The van der Waals surface area contributed by atoms with E-state index >= 15 is 0 Å². The summed E-state index contributed by atoms with van der Waals surface area (Å²) in [6.07, 6.45) is -11.4. The second-order valence-corrected chi connectivity index (χ2v) is 7.75. The Morgan fingerprint density at radius 2 is 1.88 bits per heavy atom. The molecule has 182 valence electrons. The number of aromatic nitrogens is 1. The van der Waals surface area contributed by atoms with Gasteiger partial charge in [0, 0.05) is 37.9 Å². The Kier molecular flexibility index (Phi) is 7.21. The first kappa shape index (κ1) is 24.8. The molecule has 2 aromatic heterocycles. The van der Waals surface area contributed by atoms with Gasteiger partial charge in [-0.3, -0.25) is 9.53 Å². The second-order valence-electron chi connectivity index (χ2n) is 6.87. The summed E-state index contributed by atoms with van der Waals surface area (Å²) >= 11 is 0.740. The Morgan fingerprint density at radius 1 is 1.18 bits per heavy atom. The van der Waals surface area contributed by atoms with Crippen LogP contribution in [0.2, 0.25) is 0 Å². The van der Waals surface area contributed by atoms with E-state index in [-0.39, 0.29) is 34.5 Å². The number of amides is 2. The molecule has 2 N–H and O–H groups in total. The molecule has 2 amide bonds. The molecule has 8 nitrogen and oxygen atoms in total. The Morgan fingerprint density at radius 3 is 2.48 bits per heavy atom. The quantitative estimate of drug-likeness (QED) is 0.442. The standard InChI is InChI=1S/C18H17F6N3O5S/c1-25-15(28)10-7-33-14-11(17(19,20)21)6-12(27-13(10)14)31-8-4-9(5-8)32-16(29)26-2-3-30-18(22,23)24/h6-9H,2-5H2,1H3,(H,25,28)(H,26,29). The average Bonchev–Trinajstić information content (AvgIpc) is 3.10. The molecule has 0 saturated heterocycles. The topological polar surface area (TPSA) is 98.8 Å². The van der Waals surface area contributed by atoms with Gasteiger partial charge in [0.1, 0.15) is 12.2 Å². The lowest BCUT2D eigenvalue weighted by molar-refractivity contribution is -0.323. The molecular weight excluding hydrogens is 484 g/mol. The lowest BCUT2D eigenvalue weighted by Crippen LogP contribution is -2.43. The number of pyridine rings is 1. The molecule has 0 radical (unpaired) electrons. The highest BCUT2D eigenvalue weighted by Crippen LogP contribution is 2.41. The van der Waals surface area contributed by atoms with Crippen molar-refractivity contribution in [2.24, 2.45) is 0 Å². The van der Waals surface area contributed by atoms with Crippen molar-refractivity contribution in [1.82, 2.24) is 15.6 Å². The van der Waals surface area contributed by atoms with Gasteiger partial charge in [-0.2, -0.15) is 13.2 Å². The first-order valence-corrected chi connectivity index (χ1v) is 10.3. The van der Waals surface area contributed by atoms with Gasteiger partial charge in [0.25, 0.3) is 5.91 Å². The molecule has 3 rings (SSSR count). The van der Waals surface area contributed by atoms with Crippen molar-refractivity contribution in [1.29, 1.82) is 0 Å². The van der Waals surface area contributed by atoms with Gasteiger partial charge in [0.15, 0.2) is 0 Å². The van der Waals surface area contributed by atoms with E-state index in [0.717, 1.165) is 17.4 Å². The molecule has 0 unspecified atom stereocenters. The highest BCUT2D eigenvalue weighted by Gasteiger charge is 2.38. The van der Waals surface area contributed by atoms with Crippen LogP contribution in [-0.4, -0.2) is 55.8 Å². The molecule has 15 heteroatoms. The van der Waals surface area contributed by atoms with Gasteiger partial charge < -0.3 is 20.1 Å². The molecule has 0 spiro atoms. The third-order valence-corrected chi connectivity index (χ3v) is 5.53. The number of fused-ring (bicyclic) bond motifs is 1. The van der Waals surface area contributed by atoms with Gasteiger partial charge >= 0.3 is 18.6 Å². The van der Waals surface area contributed by atoms with Crippen molar-refractivity contribution in [3.63, 3.8) is 0 Å². The van der Waals surface area contributed by atoms with Crippen LogP contribution in [0.3, 0.4) is 0 Å². The Labute approximate surface area is 186 Å². The van der Waals surface area contributed by atoms with Crippen molar-refractivity contribution in [2.75, 3.05) is 20.2 Å². The molecule has 1 fully saturated rings. The number of halogens is 6. The van der Waals surface area contributed by atoms with E-state index in [1.54, 1.807) is 0 Å². The Hall–Kier alpha value is -2.81. The lowest BCUT2D eigenvalue weighted by atomic mass is 9.92. The number of hydrogen-bond acceptors (Lipinski definition) is 7. The van der Waals surface area contributed by atoms with Crippen molar-refractivity contribution in [2.45, 2.75) is 37.6 Å². The largest absolute Gasteiger partial charge is 0.522 e. The van der Waals surface area contributed by atoms with Gasteiger partial charge in [0.05, 0.1) is 28.0 Å². The highest BCUT2D eigenvalue weighted by atomic mass is 32.1. The van der Waals surface area contributed by atoms with E-state index in [1.165, 1.54) is 12.4 Å². The number of nitrogens with one attached hydrogen (secondary N) is 2. The monoisotopic (exact) mass is 501 g/mol. The van der Waals surface area contributed by atoms with Crippen LogP contribution in [0.1, 0.15) is 28.8 Å². The van der Waals surface area contributed by atoms with Crippen molar-refractivity contribution in [3.8, 4) is 5.88 Å². The van der Waals surface area contributed by atoms with E-state index in [9.17, 15) is 35.9 Å². The number of thiophene rings is 1. The number of hydrogen-bond donors (Lipinski definition) is 2. The van der Waals surface area contributed by atoms with Crippen LogP contribution in [0.15, 0.2) is 11.4 Å². The molecule has 0 aliphatic heterocycles. The zero-order chi connectivity index (χ0) is 24.4. The minimum Gasteiger partial charge on any atom is -0.474 e. The maximum absolute atomic E-state index is 13.5. The van der Waals surface area contributed by atoms with Crippen LogP contribution in [0.25, 0.3) is 10.2 Å². The number of ether oxygens (including phenoxy) is 3. The van der Waals surface area contributed by atoms with Crippen molar-refractivity contribution >= 4 is 33.6 Å². The maximum Gasteiger partial charge on any atom is 0.522 e. The van der Waals surface area contributed by atoms with Crippen LogP contribution in [0.4, 0.5) is 31.1 Å². The van der Waals surface area contributed by atoms with E-state index in [0.29, 0.717) is 0 Å². The lowest BCUT2D eigenvalue weighted by Gasteiger charge is -2.34. The predicted octanol–water partition coefficient (Wildman–Crippen LogP) is 3.85. The number of carbonyl (C=O) groups is 2. The number of carbonyl (C=O) groups excluding carboxylic acids is 2. The minimum atomic E-state index is -4.81. The fourth-order valence-corrected chi connectivity index (χ4v) is 3.97. The van der Waals surface area contributed by atoms with Gasteiger partial charge in [-0.1, -0.05) is 0 Å². The third-order valence-electron chi connectivity index (χ3n) is 4.53. The molecule has 0 bridgehead atoms. The Balaban J connectivity index is 1.58. The summed E-state index contributed by atoms with van der Waals surface area (Å²) in [6, 6.07) is 0.744. The predicted molar refractivity (Wildman–Crippen MR) is 102 cm³/mol. The summed E-state index contributed by atoms with van der Waals surface area (Å²) in [4.78, 5) is 27.6. The zero-order valence-electron chi connectivity index (χ0n) is 16.8. The second kappa shape index (κ2) is 9.59. The molecule has 0 atom stereocenters. The average molecular weight is 501 g/mol. The molecule has 33 heavy (non-hydrogen) atoms. The maximum atomic E-state index is 13.5. The SMILES string of the molecule is CNC(=O)c1csc2c(C(F)(F)F)cc(OC3CC(OC(=O)NCCOC(F)(F)F)C3)nc12. The van der Waals surface area contributed by atoms with Crippen molar-refractivity contribution < 1.29 is 50.1 Å². The summed E-state index contributed by atoms with van der Waals surface area (Å²) < 4.78 is 89.8. The summed E-state index contributed by atoms with van der Waals surface area (Å²) in [5.41, 5.74) is -1.15.